The van der Waals surface area contributed by atoms with Gasteiger partial charge in [0.1, 0.15) is 0 Å². The Morgan fingerprint density at radius 1 is 1.37 bits per heavy atom. The Hall–Kier alpha value is -1.52. The summed E-state index contributed by atoms with van der Waals surface area (Å²) < 4.78 is 14.0. The molecule has 19 heavy (non-hydrogen) atoms. The average Bonchev–Trinajstić information content (AvgIpc) is 2.42. The van der Waals surface area contributed by atoms with Crippen molar-refractivity contribution in [1.29, 1.82) is 0 Å². The Labute approximate surface area is 115 Å². The van der Waals surface area contributed by atoms with E-state index < -0.39 is 5.82 Å². The molecule has 5 heteroatoms. The lowest BCUT2D eigenvalue weighted by Gasteiger charge is -2.21. The van der Waals surface area contributed by atoms with Gasteiger partial charge >= 0.3 is 0 Å². The van der Waals surface area contributed by atoms with Crippen LogP contribution in [0.3, 0.4) is 0 Å². The number of nitrogens with zero attached hydrogens (tertiary/aromatic N) is 2. The van der Waals surface area contributed by atoms with Crippen LogP contribution in [0.25, 0.3) is 11.4 Å². The van der Waals surface area contributed by atoms with E-state index in [1.165, 1.54) is 6.07 Å². The maximum absolute atomic E-state index is 14.0. The number of aromatic nitrogens is 2. The SMILES string of the molecule is NC1CCCc2nc(-c3cccc(Cl)c3F)ncc21. The molecule has 3 rings (SSSR count). The second-order valence-electron chi connectivity index (χ2n) is 4.70. The van der Waals surface area contributed by atoms with Gasteiger partial charge in [-0.15, -0.1) is 0 Å². The lowest BCUT2D eigenvalue weighted by atomic mass is 9.93. The number of rotatable bonds is 1. The summed E-state index contributed by atoms with van der Waals surface area (Å²) in [7, 11) is 0. The second kappa shape index (κ2) is 4.87. The third kappa shape index (κ3) is 2.22. The van der Waals surface area contributed by atoms with Crippen LogP contribution in [0.5, 0.6) is 0 Å². The Bertz CT molecular complexity index is 630. The number of halogens is 2. The highest BCUT2D eigenvalue weighted by atomic mass is 35.5. The van der Waals surface area contributed by atoms with Crippen molar-refractivity contribution in [2.45, 2.75) is 25.3 Å². The van der Waals surface area contributed by atoms with E-state index in [2.05, 4.69) is 9.97 Å². The lowest BCUT2D eigenvalue weighted by Crippen LogP contribution is -2.19. The van der Waals surface area contributed by atoms with E-state index in [9.17, 15) is 4.39 Å². The Balaban J connectivity index is 2.09. The molecule has 2 aromatic rings. The lowest BCUT2D eigenvalue weighted by molar-refractivity contribution is 0.556. The molecule has 0 bridgehead atoms. The van der Waals surface area contributed by atoms with Gasteiger partial charge < -0.3 is 5.73 Å². The largest absolute Gasteiger partial charge is 0.324 e. The van der Waals surface area contributed by atoms with E-state index in [1.54, 1.807) is 18.3 Å². The smallest absolute Gasteiger partial charge is 0.162 e. The van der Waals surface area contributed by atoms with Gasteiger partial charge in [0.05, 0.1) is 10.6 Å². The van der Waals surface area contributed by atoms with Crippen molar-refractivity contribution in [2.24, 2.45) is 5.73 Å². The molecule has 0 amide bonds. The van der Waals surface area contributed by atoms with Crippen molar-refractivity contribution in [3.05, 3.63) is 46.5 Å². The first kappa shape index (κ1) is 12.5. The molecule has 1 aliphatic rings. The summed E-state index contributed by atoms with van der Waals surface area (Å²) in [5.74, 6) is -0.114. The molecular formula is C14H13ClFN3. The first-order valence-corrected chi connectivity index (χ1v) is 6.60. The van der Waals surface area contributed by atoms with Crippen LogP contribution in [0.2, 0.25) is 5.02 Å². The molecule has 2 N–H and O–H groups in total. The molecule has 0 spiro atoms. The van der Waals surface area contributed by atoms with Gasteiger partial charge in [-0.3, -0.25) is 0 Å². The quantitative estimate of drug-likeness (QED) is 0.870. The number of nitrogens with two attached hydrogens (primary N) is 1. The Morgan fingerprint density at radius 3 is 3.05 bits per heavy atom. The Kier molecular flexibility index (Phi) is 3.21. The van der Waals surface area contributed by atoms with Gasteiger partial charge in [0, 0.05) is 23.5 Å². The summed E-state index contributed by atoms with van der Waals surface area (Å²) in [5.41, 5.74) is 8.23. The van der Waals surface area contributed by atoms with Gasteiger partial charge in [0.15, 0.2) is 11.6 Å². The molecular weight excluding hydrogens is 265 g/mol. The molecule has 0 saturated heterocycles. The molecule has 1 unspecified atom stereocenters. The van der Waals surface area contributed by atoms with Crippen molar-refractivity contribution in [3.8, 4) is 11.4 Å². The molecule has 1 aromatic carbocycles. The van der Waals surface area contributed by atoms with Crippen LogP contribution in [0.15, 0.2) is 24.4 Å². The van der Waals surface area contributed by atoms with Gasteiger partial charge in [0.2, 0.25) is 0 Å². The number of fused-ring (bicyclic) bond motifs is 1. The third-order valence-electron chi connectivity index (χ3n) is 3.42. The monoisotopic (exact) mass is 277 g/mol. The zero-order valence-electron chi connectivity index (χ0n) is 10.2. The normalized spacial score (nSPS) is 18.2. The Morgan fingerprint density at radius 2 is 2.21 bits per heavy atom. The van der Waals surface area contributed by atoms with Gasteiger partial charge in [-0.25, -0.2) is 14.4 Å². The fraction of sp³-hybridized carbons (Fsp3) is 0.286. The molecule has 1 heterocycles. The van der Waals surface area contributed by atoms with Crippen molar-refractivity contribution < 1.29 is 4.39 Å². The van der Waals surface area contributed by atoms with Crippen LogP contribution >= 0.6 is 11.6 Å². The summed E-state index contributed by atoms with van der Waals surface area (Å²) in [4.78, 5) is 8.67. The van der Waals surface area contributed by atoms with Crippen molar-refractivity contribution in [1.82, 2.24) is 9.97 Å². The average molecular weight is 278 g/mol. The highest BCUT2D eigenvalue weighted by Gasteiger charge is 2.20. The zero-order chi connectivity index (χ0) is 13.4. The van der Waals surface area contributed by atoms with Crippen LogP contribution in [-0.4, -0.2) is 9.97 Å². The van der Waals surface area contributed by atoms with Crippen LogP contribution in [0, 0.1) is 5.82 Å². The molecule has 98 valence electrons. The topological polar surface area (TPSA) is 51.8 Å². The van der Waals surface area contributed by atoms with Crippen LogP contribution in [0.1, 0.15) is 30.1 Å². The van der Waals surface area contributed by atoms with Crippen LogP contribution < -0.4 is 5.73 Å². The first-order valence-electron chi connectivity index (χ1n) is 6.22. The molecule has 0 aliphatic heterocycles. The molecule has 1 aromatic heterocycles. The minimum absolute atomic E-state index is 0.0120. The fourth-order valence-electron chi connectivity index (χ4n) is 2.39. The first-order chi connectivity index (χ1) is 9.16. The molecule has 1 atom stereocenters. The van der Waals surface area contributed by atoms with Gasteiger partial charge in [-0.05, 0) is 31.4 Å². The van der Waals surface area contributed by atoms with Crippen LogP contribution in [-0.2, 0) is 6.42 Å². The zero-order valence-corrected chi connectivity index (χ0v) is 11.0. The predicted octanol–water partition coefficient (Wildman–Crippen LogP) is 3.27. The maximum Gasteiger partial charge on any atom is 0.162 e. The predicted molar refractivity (Wildman–Crippen MR) is 72.3 cm³/mol. The van der Waals surface area contributed by atoms with E-state index in [0.29, 0.717) is 11.4 Å². The third-order valence-corrected chi connectivity index (χ3v) is 3.71. The van der Waals surface area contributed by atoms with Gasteiger partial charge in [-0.2, -0.15) is 0 Å². The van der Waals surface area contributed by atoms with Crippen molar-refractivity contribution in [2.75, 3.05) is 0 Å². The highest BCUT2D eigenvalue weighted by molar-refractivity contribution is 6.31. The van der Waals surface area contributed by atoms with Crippen molar-refractivity contribution in [3.63, 3.8) is 0 Å². The summed E-state index contributed by atoms with van der Waals surface area (Å²) in [6.45, 7) is 0. The minimum Gasteiger partial charge on any atom is -0.324 e. The maximum atomic E-state index is 14.0. The molecule has 0 radical (unpaired) electrons. The summed E-state index contributed by atoms with van der Waals surface area (Å²) in [5, 5.41) is 0.0792. The highest BCUT2D eigenvalue weighted by Crippen LogP contribution is 2.29. The van der Waals surface area contributed by atoms with E-state index >= 15 is 0 Å². The standard InChI is InChI=1S/C14H13ClFN3/c15-10-4-1-3-8(13(10)16)14-18-7-9-11(17)5-2-6-12(9)19-14/h1,3-4,7,11H,2,5-6,17H2. The van der Waals surface area contributed by atoms with E-state index in [0.717, 1.165) is 30.5 Å². The summed E-state index contributed by atoms with van der Waals surface area (Å²) >= 11 is 5.78. The molecule has 3 nitrogen and oxygen atoms in total. The summed E-state index contributed by atoms with van der Waals surface area (Å²) in [6.07, 6.45) is 4.52. The van der Waals surface area contributed by atoms with E-state index in [4.69, 9.17) is 17.3 Å². The van der Waals surface area contributed by atoms with E-state index in [1.807, 2.05) is 0 Å². The molecule has 0 saturated carbocycles. The number of hydrogen-bond acceptors (Lipinski definition) is 3. The number of benzene rings is 1. The number of hydrogen-bond donors (Lipinski definition) is 1. The van der Waals surface area contributed by atoms with Gasteiger partial charge in [-0.1, -0.05) is 17.7 Å². The molecule has 0 fully saturated rings. The minimum atomic E-state index is -0.482. The van der Waals surface area contributed by atoms with Crippen LogP contribution in [0.4, 0.5) is 4.39 Å². The number of aryl methyl sites for hydroxylation is 1. The summed E-state index contributed by atoms with van der Waals surface area (Å²) in [6, 6.07) is 4.82. The molecule has 1 aliphatic carbocycles. The van der Waals surface area contributed by atoms with E-state index in [-0.39, 0.29) is 11.1 Å². The van der Waals surface area contributed by atoms with Gasteiger partial charge in [0.25, 0.3) is 0 Å². The fourth-order valence-corrected chi connectivity index (χ4v) is 2.56. The van der Waals surface area contributed by atoms with Crippen molar-refractivity contribution >= 4 is 11.6 Å². The second-order valence-corrected chi connectivity index (χ2v) is 5.10.